The maximum Gasteiger partial charge on any atom is 0.339 e. The van der Waals surface area contributed by atoms with Crippen LogP contribution in [0.2, 0.25) is 0 Å². The van der Waals surface area contributed by atoms with Gasteiger partial charge in [-0.3, -0.25) is 0 Å². The predicted molar refractivity (Wildman–Crippen MR) is 54.9 cm³/mol. The van der Waals surface area contributed by atoms with E-state index in [0.29, 0.717) is 5.56 Å². The summed E-state index contributed by atoms with van der Waals surface area (Å²) < 4.78 is 17.9. The molecule has 0 amide bonds. The molecule has 0 aromatic heterocycles. The number of carboxylic acid groups (broad SMARTS) is 1. The second kappa shape index (κ2) is 4.49. The van der Waals surface area contributed by atoms with Crippen molar-refractivity contribution >= 4 is 5.97 Å². The van der Waals surface area contributed by atoms with Gasteiger partial charge in [-0.15, -0.1) is 0 Å². The number of benzene rings is 1. The molecule has 1 aromatic carbocycles. The van der Waals surface area contributed by atoms with Crippen LogP contribution in [0.15, 0.2) is 18.2 Å². The van der Waals surface area contributed by atoms with Crippen LogP contribution >= 0.6 is 0 Å². The Morgan fingerprint density at radius 2 is 2.19 bits per heavy atom. The number of ether oxygens (including phenoxy) is 1. The second-order valence-corrected chi connectivity index (χ2v) is 3.78. The number of rotatable bonds is 4. The Labute approximate surface area is 92.3 Å². The summed E-state index contributed by atoms with van der Waals surface area (Å²) in [7, 11) is 0. The van der Waals surface area contributed by atoms with Crippen molar-refractivity contribution in [3.8, 4) is 5.75 Å². The molecule has 16 heavy (non-hydrogen) atoms. The van der Waals surface area contributed by atoms with Gasteiger partial charge in [0.2, 0.25) is 0 Å². The highest BCUT2D eigenvalue weighted by atomic mass is 19.1. The smallest absolute Gasteiger partial charge is 0.339 e. The lowest BCUT2D eigenvalue weighted by atomic mass is 10.1. The van der Waals surface area contributed by atoms with Crippen LogP contribution in [0.1, 0.15) is 12.5 Å². The van der Waals surface area contributed by atoms with Gasteiger partial charge in [0.1, 0.15) is 18.2 Å². The Balaban J connectivity index is 2.75. The van der Waals surface area contributed by atoms with Crippen molar-refractivity contribution in [3.63, 3.8) is 0 Å². The summed E-state index contributed by atoms with van der Waals surface area (Å²) in [5.41, 5.74) is -1.32. The summed E-state index contributed by atoms with van der Waals surface area (Å²) >= 11 is 0. The Kier molecular flexibility index (Phi) is 3.49. The molecule has 0 heterocycles. The SMILES string of the molecule is Cc1ccc(F)cc1OCC(C)(O)C(=O)O. The number of hydrogen-bond donors (Lipinski definition) is 2. The fourth-order valence-corrected chi connectivity index (χ4v) is 1.01. The van der Waals surface area contributed by atoms with Crippen LogP contribution in [0.3, 0.4) is 0 Å². The summed E-state index contributed by atoms with van der Waals surface area (Å²) in [6.07, 6.45) is 0. The number of carboxylic acids is 1. The minimum Gasteiger partial charge on any atom is -0.490 e. The first-order valence-electron chi connectivity index (χ1n) is 4.67. The number of aliphatic hydroxyl groups is 1. The highest BCUT2D eigenvalue weighted by molar-refractivity contribution is 5.76. The Bertz CT molecular complexity index is 401. The van der Waals surface area contributed by atoms with Gasteiger partial charge in [0, 0.05) is 6.07 Å². The van der Waals surface area contributed by atoms with Gasteiger partial charge in [-0.2, -0.15) is 0 Å². The van der Waals surface area contributed by atoms with E-state index in [0.717, 1.165) is 13.0 Å². The summed E-state index contributed by atoms with van der Waals surface area (Å²) in [5.74, 6) is -1.64. The molecule has 1 aromatic rings. The van der Waals surface area contributed by atoms with E-state index in [9.17, 15) is 14.3 Å². The molecule has 5 heteroatoms. The first kappa shape index (κ1) is 12.4. The summed E-state index contributed by atoms with van der Waals surface area (Å²) in [6, 6.07) is 3.94. The summed E-state index contributed by atoms with van der Waals surface area (Å²) in [6.45, 7) is 2.38. The van der Waals surface area contributed by atoms with Crippen LogP contribution in [0.5, 0.6) is 5.75 Å². The molecule has 0 aliphatic rings. The maximum atomic E-state index is 12.9. The third kappa shape index (κ3) is 2.93. The zero-order valence-electron chi connectivity index (χ0n) is 9.03. The third-order valence-corrected chi connectivity index (χ3v) is 2.12. The minimum atomic E-state index is -1.99. The van der Waals surface area contributed by atoms with Crippen LogP contribution in [0.25, 0.3) is 0 Å². The van der Waals surface area contributed by atoms with Gasteiger partial charge >= 0.3 is 5.97 Å². The van der Waals surface area contributed by atoms with Crippen molar-refractivity contribution in [2.24, 2.45) is 0 Å². The summed E-state index contributed by atoms with van der Waals surface area (Å²) in [5, 5.41) is 18.0. The Hall–Kier alpha value is -1.62. The minimum absolute atomic E-state index is 0.224. The van der Waals surface area contributed by atoms with Gasteiger partial charge in [-0.05, 0) is 25.5 Å². The average molecular weight is 228 g/mol. The van der Waals surface area contributed by atoms with E-state index in [1.807, 2.05) is 0 Å². The molecule has 0 aliphatic heterocycles. The molecule has 1 unspecified atom stereocenters. The summed E-state index contributed by atoms with van der Waals surface area (Å²) in [4.78, 5) is 10.6. The van der Waals surface area contributed by atoms with Crippen molar-refractivity contribution in [2.75, 3.05) is 6.61 Å². The molecule has 0 fully saturated rings. The largest absolute Gasteiger partial charge is 0.490 e. The number of carbonyl (C=O) groups is 1. The van der Waals surface area contributed by atoms with E-state index >= 15 is 0 Å². The lowest BCUT2D eigenvalue weighted by Gasteiger charge is -2.19. The van der Waals surface area contributed by atoms with E-state index in [4.69, 9.17) is 9.84 Å². The maximum absolute atomic E-state index is 12.9. The van der Waals surface area contributed by atoms with E-state index in [-0.39, 0.29) is 5.75 Å². The molecule has 0 radical (unpaired) electrons. The monoisotopic (exact) mass is 228 g/mol. The molecule has 1 atom stereocenters. The standard InChI is InChI=1S/C11H13FO4/c1-7-3-4-8(12)5-9(7)16-6-11(2,15)10(13)14/h3-5,15H,6H2,1-2H3,(H,13,14). The van der Waals surface area contributed by atoms with E-state index in [2.05, 4.69) is 0 Å². The molecule has 88 valence electrons. The van der Waals surface area contributed by atoms with Crippen molar-refractivity contribution in [2.45, 2.75) is 19.4 Å². The third-order valence-electron chi connectivity index (χ3n) is 2.12. The topological polar surface area (TPSA) is 66.8 Å². The van der Waals surface area contributed by atoms with Crippen molar-refractivity contribution < 1.29 is 24.1 Å². The molecule has 2 N–H and O–H groups in total. The van der Waals surface area contributed by atoms with Gasteiger partial charge in [0.05, 0.1) is 0 Å². The average Bonchev–Trinajstić information content (AvgIpc) is 2.19. The van der Waals surface area contributed by atoms with E-state index < -0.39 is 24.0 Å². The lowest BCUT2D eigenvalue weighted by Crippen LogP contribution is -2.41. The molecule has 1 rings (SSSR count). The highest BCUT2D eigenvalue weighted by Crippen LogP contribution is 2.20. The first-order chi connectivity index (χ1) is 7.33. The first-order valence-corrected chi connectivity index (χ1v) is 4.67. The van der Waals surface area contributed by atoms with Crippen LogP contribution in [0, 0.1) is 12.7 Å². The van der Waals surface area contributed by atoms with E-state index in [1.54, 1.807) is 6.92 Å². The van der Waals surface area contributed by atoms with Gasteiger partial charge in [0.15, 0.2) is 5.60 Å². The zero-order chi connectivity index (χ0) is 12.3. The zero-order valence-corrected chi connectivity index (χ0v) is 9.03. The number of halogens is 1. The fourth-order valence-electron chi connectivity index (χ4n) is 1.01. The fraction of sp³-hybridized carbons (Fsp3) is 0.364. The molecule has 0 saturated heterocycles. The van der Waals surface area contributed by atoms with E-state index in [1.165, 1.54) is 12.1 Å². The molecule has 0 saturated carbocycles. The number of aryl methyl sites for hydroxylation is 1. The van der Waals surface area contributed by atoms with Crippen molar-refractivity contribution in [3.05, 3.63) is 29.6 Å². The molecule has 0 spiro atoms. The lowest BCUT2D eigenvalue weighted by molar-refractivity contribution is -0.159. The number of hydrogen-bond acceptors (Lipinski definition) is 3. The quantitative estimate of drug-likeness (QED) is 0.816. The molecule has 0 bridgehead atoms. The van der Waals surface area contributed by atoms with Gasteiger partial charge in [0.25, 0.3) is 0 Å². The van der Waals surface area contributed by atoms with Crippen LogP contribution < -0.4 is 4.74 Å². The normalized spacial score (nSPS) is 14.2. The van der Waals surface area contributed by atoms with Gasteiger partial charge in [-0.1, -0.05) is 6.07 Å². The highest BCUT2D eigenvalue weighted by Gasteiger charge is 2.31. The second-order valence-electron chi connectivity index (χ2n) is 3.78. The Morgan fingerprint density at radius 3 is 2.75 bits per heavy atom. The molecular weight excluding hydrogens is 215 g/mol. The molecule has 0 aliphatic carbocycles. The van der Waals surface area contributed by atoms with Crippen molar-refractivity contribution in [1.82, 2.24) is 0 Å². The Morgan fingerprint density at radius 1 is 1.56 bits per heavy atom. The van der Waals surface area contributed by atoms with Crippen LogP contribution in [-0.2, 0) is 4.79 Å². The van der Waals surface area contributed by atoms with Crippen LogP contribution in [0.4, 0.5) is 4.39 Å². The van der Waals surface area contributed by atoms with Crippen molar-refractivity contribution in [1.29, 1.82) is 0 Å². The predicted octanol–water partition coefficient (Wildman–Crippen LogP) is 1.35. The van der Waals surface area contributed by atoms with Gasteiger partial charge < -0.3 is 14.9 Å². The van der Waals surface area contributed by atoms with Crippen LogP contribution in [-0.4, -0.2) is 28.4 Å². The molecule has 4 nitrogen and oxygen atoms in total. The molecular formula is C11H13FO4. The number of aliphatic carboxylic acids is 1. The van der Waals surface area contributed by atoms with Gasteiger partial charge in [-0.25, -0.2) is 9.18 Å².